The zero-order chi connectivity index (χ0) is 70.1. The minimum atomic E-state index is -1.64. The van der Waals surface area contributed by atoms with Gasteiger partial charge in [0.2, 0.25) is 76.8 Å². The van der Waals surface area contributed by atoms with Gasteiger partial charge in [-0.1, -0.05) is 74.5 Å². The minimum absolute atomic E-state index is 0.0736. The fourth-order valence-corrected chi connectivity index (χ4v) is 11.5. The van der Waals surface area contributed by atoms with E-state index in [9.17, 15) is 62.3 Å². The molecule has 10 atom stereocenters. The molecule has 13 amide bonds. The van der Waals surface area contributed by atoms with E-state index in [1.165, 1.54) is 21.6 Å². The van der Waals surface area contributed by atoms with Crippen molar-refractivity contribution in [3.8, 4) is 0 Å². The standard InChI is InChI=1S/C63H98N18O13S/c1-37(2)33-45(57(89)74-41(53(68)85)27-32-95-3)73-52(84)36-72-54(86)46(34-38-15-6-4-7-16-38)78-58(90)47(35-39-17-8-5-9-18-39)79-56(88)42(23-25-50(66)82)75-55(87)43(24-26-51(67)83)76-59(91)49-22-14-31-81(49)62(94)44(20-10-11-28-64)77-60(92)48-21-13-30-80(48)61(93)40(65)19-12-29-71-63(69)70/h4-9,15-18,37,40-49H,10-14,19-36,64-65H2,1-3H3,(H2,66,82)(H2,67,83)(H2,68,85)(H,72,86)(H,73,84)(H,74,89)(H,75,87)(H,76,91)(H,77,92)(H,78,90)(H,79,88)(H4,69,70,71)/t40-,41-,42+,43+,44+,45+,46-,47-,48-,49-/m0/s1. The van der Waals surface area contributed by atoms with Crippen LogP contribution in [0, 0.1) is 5.92 Å². The number of rotatable bonds is 42. The largest absolute Gasteiger partial charge is 0.370 e. The molecule has 31 nitrogen and oxygen atoms in total. The van der Waals surface area contributed by atoms with Crippen molar-refractivity contribution >= 4 is 94.5 Å². The smallest absolute Gasteiger partial charge is 0.245 e. The highest BCUT2D eigenvalue weighted by Crippen LogP contribution is 2.24. The third-order valence-corrected chi connectivity index (χ3v) is 16.7. The number of amides is 13. The van der Waals surface area contributed by atoms with E-state index in [4.69, 9.17) is 40.1 Å². The summed E-state index contributed by atoms with van der Waals surface area (Å²) in [6, 6.07) is 4.51. The van der Waals surface area contributed by atoms with E-state index in [-0.39, 0.29) is 83.0 Å². The van der Waals surface area contributed by atoms with E-state index in [0.717, 1.165) is 0 Å². The molecule has 4 rings (SSSR count). The number of unbranched alkanes of at least 4 members (excludes halogenated alkanes) is 1. The van der Waals surface area contributed by atoms with Gasteiger partial charge in [0.25, 0.3) is 0 Å². The van der Waals surface area contributed by atoms with Crippen LogP contribution in [-0.4, -0.2) is 198 Å². The fourth-order valence-electron chi connectivity index (χ4n) is 11.0. The maximum atomic E-state index is 14.7. The lowest BCUT2D eigenvalue weighted by molar-refractivity contribution is -0.144. The van der Waals surface area contributed by atoms with Gasteiger partial charge in [0, 0.05) is 45.3 Å². The number of hydrogen-bond donors (Lipinski definition) is 15. The van der Waals surface area contributed by atoms with Crippen LogP contribution < -0.4 is 82.7 Å². The molecule has 0 aromatic heterocycles. The monoisotopic (exact) mass is 1350 g/mol. The van der Waals surface area contributed by atoms with E-state index < -0.39 is 169 Å². The molecule has 2 aliphatic rings. The van der Waals surface area contributed by atoms with Crippen LogP contribution in [0.1, 0.15) is 121 Å². The SMILES string of the molecule is CSCC[C@H](NC(=O)[C@@H](CC(C)C)NC(=O)CNC(=O)[C@H](Cc1ccccc1)NC(=O)[C@H](Cc1ccccc1)NC(=O)[C@@H](CCC(N)=O)NC(=O)[C@@H](CCC(N)=O)NC(=O)[C@@H]1CCCN1C(=O)[C@@H](CCCCN)NC(=O)[C@@H]1CCCN1C(=O)[C@@H](N)CCCN=C(N)N)C(N)=O. The number of aliphatic imine (C=N–C) groups is 1. The highest BCUT2D eigenvalue weighted by molar-refractivity contribution is 7.98. The lowest BCUT2D eigenvalue weighted by Crippen LogP contribution is -2.60. The van der Waals surface area contributed by atoms with Crippen LogP contribution in [0.15, 0.2) is 65.7 Å². The molecule has 0 unspecified atom stereocenters. The Hall–Kier alpha value is -8.91. The summed E-state index contributed by atoms with van der Waals surface area (Å²) in [5, 5.41) is 21.1. The predicted molar refractivity (Wildman–Crippen MR) is 356 cm³/mol. The predicted octanol–water partition coefficient (Wildman–Crippen LogP) is -3.71. The number of benzene rings is 2. The van der Waals surface area contributed by atoms with Gasteiger partial charge in [-0.3, -0.25) is 67.3 Å². The number of hydrogen-bond acceptors (Lipinski definition) is 17. The number of primary amides is 3. The lowest BCUT2D eigenvalue weighted by atomic mass is 10.0. The third kappa shape index (κ3) is 27.5. The molecule has 0 bridgehead atoms. The normalized spacial score (nSPS) is 16.8. The summed E-state index contributed by atoms with van der Waals surface area (Å²) in [4.78, 5) is 185. The molecule has 22 N–H and O–H groups in total. The van der Waals surface area contributed by atoms with Crippen molar-refractivity contribution in [2.24, 2.45) is 51.0 Å². The van der Waals surface area contributed by atoms with Crippen LogP contribution in [0.4, 0.5) is 0 Å². The molecule has 0 saturated carbocycles. The quantitative estimate of drug-likeness (QED) is 0.0173. The number of nitrogens with two attached hydrogens (primary N) is 7. The van der Waals surface area contributed by atoms with Gasteiger partial charge in [0.05, 0.1) is 12.6 Å². The number of guanidine groups is 1. The molecular weight excluding hydrogens is 1250 g/mol. The zero-order valence-corrected chi connectivity index (χ0v) is 55.3. The van der Waals surface area contributed by atoms with Gasteiger partial charge in [-0.15, -0.1) is 0 Å². The van der Waals surface area contributed by atoms with Crippen LogP contribution in [0.3, 0.4) is 0 Å². The average molecular weight is 1350 g/mol. The number of nitrogens with one attached hydrogen (secondary N) is 8. The van der Waals surface area contributed by atoms with Crippen molar-refractivity contribution in [1.29, 1.82) is 0 Å². The molecule has 2 aromatic rings. The fraction of sp³-hybridized carbons (Fsp3) is 0.587. The molecule has 0 radical (unpaired) electrons. The first-order valence-corrected chi connectivity index (χ1v) is 33.6. The average Bonchev–Trinajstić information content (AvgIpc) is 1.74. The number of nitrogens with zero attached hydrogens (tertiary/aromatic N) is 3. The molecule has 95 heavy (non-hydrogen) atoms. The molecular formula is C63H98N18O13S. The van der Waals surface area contributed by atoms with Crippen LogP contribution >= 0.6 is 11.8 Å². The molecule has 2 heterocycles. The van der Waals surface area contributed by atoms with Crippen molar-refractivity contribution in [3.63, 3.8) is 0 Å². The van der Waals surface area contributed by atoms with Gasteiger partial charge in [-0.25, -0.2) is 0 Å². The number of carbonyl (C=O) groups is 13. The summed E-state index contributed by atoms with van der Waals surface area (Å²) in [5.74, 6) is -9.80. The summed E-state index contributed by atoms with van der Waals surface area (Å²) < 4.78 is 0. The Kier molecular flexibility index (Phi) is 33.9. The van der Waals surface area contributed by atoms with Crippen LogP contribution in [0.25, 0.3) is 0 Å². The molecule has 524 valence electrons. The first kappa shape index (κ1) is 78.5. The number of likely N-dealkylation sites (tertiary alicyclic amines) is 2. The Bertz CT molecular complexity index is 2960. The Morgan fingerprint density at radius 1 is 0.537 bits per heavy atom. The summed E-state index contributed by atoms with van der Waals surface area (Å²) in [6.45, 7) is 3.86. The van der Waals surface area contributed by atoms with Crippen molar-refractivity contribution in [2.75, 3.05) is 44.7 Å². The van der Waals surface area contributed by atoms with E-state index in [0.29, 0.717) is 55.4 Å². The minimum Gasteiger partial charge on any atom is -0.370 e. The Morgan fingerprint density at radius 2 is 1.01 bits per heavy atom. The molecule has 0 spiro atoms. The molecule has 2 aliphatic heterocycles. The molecule has 2 fully saturated rings. The van der Waals surface area contributed by atoms with Crippen LogP contribution in [0.5, 0.6) is 0 Å². The highest BCUT2D eigenvalue weighted by atomic mass is 32.2. The second-order valence-electron chi connectivity index (χ2n) is 24.1. The van der Waals surface area contributed by atoms with E-state index in [1.807, 2.05) is 20.1 Å². The van der Waals surface area contributed by atoms with Crippen LogP contribution in [-0.2, 0) is 75.2 Å². The van der Waals surface area contributed by atoms with Gasteiger partial charge >= 0.3 is 0 Å². The van der Waals surface area contributed by atoms with Gasteiger partial charge in [0.1, 0.15) is 54.4 Å². The summed E-state index contributed by atoms with van der Waals surface area (Å²) >= 11 is 1.45. The Labute approximate surface area is 558 Å². The summed E-state index contributed by atoms with van der Waals surface area (Å²) in [6.07, 6.45) is 3.12. The van der Waals surface area contributed by atoms with Crippen molar-refractivity contribution < 1.29 is 62.3 Å². The summed E-state index contributed by atoms with van der Waals surface area (Å²) in [5.41, 5.74) is 40.6. The maximum Gasteiger partial charge on any atom is 0.245 e. The van der Waals surface area contributed by atoms with Gasteiger partial charge in [0.15, 0.2) is 5.96 Å². The van der Waals surface area contributed by atoms with Gasteiger partial charge < -0.3 is 92.5 Å². The van der Waals surface area contributed by atoms with Gasteiger partial charge in [-0.2, -0.15) is 11.8 Å². The molecule has 0 aliphatic carbocycles. The second-order valence-corrected chi connectivity index (χ2v) is 25.1. The molecule has 32 heteroatoms. The zero-order valence-electron chi connectivity index (χ0n) is 54.5. The first-order valence-electron chi connectivity index (χ1n) is 32.2. The number of carbonyl (C=O) groups excluding carboxylic acids is 13. The van der Waals surface area contributed by atoms with E-state index in [1.54, 1.807) is 60.7 Å². The number of thioether (sulfide) groups is 1. The van der Waals surface area contributed by atoms with Crippen molar-refractivity contribution in [3.05, 3.63) is 71.8 Å². The Balaban J connectivity index is 1.56. The van der Waals surface area contributed by atoms with Crippen molar-refractivity contribution in [1.82, 2.24) is 52.3 Å². The lowest BCUT2D eigenvalue weighted by Gasteiger charge is -2.32. The maximum absolute atomic E-state index is 14.7. The van der Waals surface area contributed by atoms with Crippen LogP contribution in [0.2, 0.25) is 0 Å². The van der Waals surface area contributed by atoms with Gasteiger partial charge in [-0.05, 0) is 119 Å². The van der Waals surface area contributed by atoms with E-state index >= 15 is 0 Å². The molecule has 2 aromatic carbocycles. The second kappa shape index (κ2) is 41.0. The van der Waals surface area contributed by atoms with Crippen molar-refractivity contribution in [2.45, 2.75) is 183 Å². The third-order valence-electron chi connectivity index (χ3n) is 16.0. The van der Waals surface area contributed by atoms with E-state index in [2.05, 4.69) is 47.5 Å². The summed E-state index contributed by atoms with van der Waals surface area (Å²) in [7, 11) is 0. The highest BCUT2D eigenvalue weighted by Gasteiger charge is 2.42. The molecule has 2 saturated heterocycles. The first-order chi connectivity index (χ1) is 45.2. The Morgan fingerprint density at radius 3 is 1.51 bits per heavy atom. The topological polar surface area (TPSA) is 519 Å².